The molecule has 0 aliphatic carbocycles. The van der Waals surface area contributed by atoms with Gasteiger partial charge in [-0.1, -0.05) is 6.07 Å². The summed E-state index contributed by atoms with van der Waals surface area (Å²) in [7, 11) is 1.56. The van der Waals surface area contributed by atoms with E-state index in [2.05, 4.69) is 10.2 Å². The quantitative estimate of drug-likeness (QED) is 0.835. The third kappa shape index (κ3) is 2.02. The molecule has 16 heavy (non-hydrogen) atoms. The van der Waals surface area contributed by atoms with Gasteiger partial charge >= 0.3 is 0 Å². The first-order chi connectivity index (χ1) is 7.72. The molecule has 84 valence electrons. The molecule has 0 saturated carbocycles. The summed E-state index contributed by atoms with van der Waals surface area (Å²) in [6.07, 6.45) is 0. The van der Waals surface area contributed by atoms with Gasteiger partial charge in [0, 0.05) is 7.11 Å². The van der Waals surface area contributed by atoms with E-state index in [4.69, 9.17) is 17.0 Å². The standard InChI is InChI=1S/C10H10FN3OS/c1-15-6-9-12-13-10(16)14(9)8-4-2-3-7(11)5-8/h2-5H,6H2,1H3,(H,13,16). The molecular formula is C10H10FN3OS. The molecule has 1 heterocycles. The minimum absolute atomic E-state index is 0.309. The van der Waals surface area contributed by atoms with Gasteiger partial charge in [0.2, 0.25) is 0 Å². The molecule has 0 fully saturated rings. The summed E-state index contributed by atoms with van der Waals surface area (Å²) in [6.45, 7) is 0.309. The maximum absolute atomic E-state index is 13.1. The molecule has 0 radical (unpaired) electrons. The Kier molecular flexibility index (Phi) is 3.12. The Hall–Kier alpha value is -1.53. The van der Waals surface area contributed by atoms with Crippen molar-refractivity contribution in [2.45, 2.75) is 6.61 Å². The van der Waals surface area contributed by atoms with Gasteiger partial charge in [-0.2, -0.15) is 5.10 Å². The predicted octanol–water partition coefficient (Wildman–Crippen LogP) is 2.22. The van der Waals surface area contributed by atoms with Gasteiger partial charge in [0.05, 0.1) is 5.69 Å². The summed E-state index contributed by atoms with van der Waals surface area (Å²) < 4.78 is 20.1. The van der Waals surface area contributed by atoms with Crippen LogP contribution in [0.5, 0.6) is 0 Å². The SMILES string of the molecule is COCc1n[nH]c(=S)n1-c1cccc(F)c1. The molecule has 0 bridgehead atoms. The zero-order chi connectivity index (χ0) is 11.5. The van der Waals surface area contributed by atoms with Crippen LogP contribution >= 0.6 is 12.2 Å². The summed E-state index contributed by atoms with van der Waals surface area (Å²) in [6, 6.07) is 6.15. The van der Waals surface area contributed by atoms with Crippen molar-refractivity contribution in [1.82, 2.24) is 14.8 Å². The van der Waals surface area contributed by atoms with Crippen LogP contribution in [0.3, 0.4) is 0 Å². The molecule has 4 nitrogen and oxygen atoms in total. The minimum Gasteiger partial charge on any atom is -0.377 e. The zero-order valence-electron chi connectivity index (χ0n) is 8.61. The highest BCUT2D eigenvalue weighted by Crippen LogP contribution is 2.12. The Morgan fingerprint density at radius 1 is 1.56 bits per heavy atom. The van der Waals surface area contributed by atoms with Gasteiger partial charge in [0.1, 0.15) is 12.4 Å². The molecule has 0 aliphatic rings. The van der Waals surface area contributed by atoms with Crippen molar-refractivity contribution in [3.8, 4) is 5.69 Å². The molecule has 0 saturated heterocycles. The number of H-pyrrole nitrogens is 1. The monoisotopic (exact) mass is 239 g/mol. The first kappa shape index (κ1) is 11.0. The van der Waals surface area contributed by atoms with Crippen LogP contribution in [0.15, 0.2) is 24.3 Å². The largest absolute Gasteiger partial charge is 0.377 e. The number of aromatic nitrogens is 3. The predicted molar refractivity (Wildman–Crippen MR) is 59.4 cm³/mol. The molecule has 6 heteroatoms. The van der Waals surface area contributed by atoms with E-state index in [0.717, 1.165) is 0 Å². The average molecular weight is 239 g/mol. The molecule has 0 aliphatic heterocycles. The highest BCUT2D eigenvalue weighted by Gasteiger charge is 2.08. The fourth-order valence-corrected chi connectivity index (χ4v) is 1.69. The third-order valence-electron chi connectivity index (χ3n) is 2.08. The average Bonchev–Trinajstić information content (AvgIpc) is 2.60. The second-order valence-corrected chi connectivity index (χ2v) is 3.58. The number of nitrogens with zero attached hydrogens (tertiary/aromatic N) is 2. The van der Waals surface area contributed by atoms with Crippen molar-refractivity contribution in [3.63, 3.8) is 0 Å². The van der Waals surface area contributed by atoms with Gasteiger partial charge in [0.15, 0.2) is 10.6 Å². The number of rotatable bonds is 3. The van der Waals surface area contributed by atoms with E-state index < -0.39 is 0 Å². The van der Waals surface area contributed by atoms with Crippen LogP contribution in [0.2, 0.25) is 0 Å². The molecule has 2 rings (SSSR count). The van der Waals surface area contributed by atoms with Gasteiger partial charge in [-0.05, 0) is 30.4 Å². The lowest BCUT2D eigenvalue weighted by Crippen LogP contribution is -2.02. The summed E-state index contributed by atoms with van der Waals surface area (Å²) >= 11 is 5.08. The van der Waals surface area contributed by atoms with Gasteiger partial charge in [-0.3, -0.25) is 9.67 Å². The van der Waals surface area contributed by atoms with Crippen LogP contribution in [0.25, 0.3) is 5.69 Å². The second-order valence-electron chi connectivity index (χ2n) is 3.19. The number of methoxy groups -OCH3 is 1. The van der Waals surface area contributed by atoms with Crippen molar-refractivity contribution in [1.29, 1.82) is 0 Å². The van der Waals surface area contributed by atoms with Crippen molar-refractivity contribution in [2.24, 2.45) is 0 Å². The molecule has 1 aromatic heterocycles. The Labute approximate surface area is 96.7 Å². The van der Waals surface area contributed by atoms with Gasteiger partial charge < -0.3 is 4.74 Å². The van der Waals surface area contributed by atoms with Crippen LogP contribution < -0.4 is 0 Å². The normalized spacial score (nSPS) is 10.6. The lowest BCUT2D eigenvalue weighted by atomic mass is 10.3. The summed E-state index contributed by atoms with van der Waals surface area (Å²) in [5.41, 5.74) is 0.630. The smallest absolute Gasteiger partial charge is 0.199 e. The van der Waals surface area contributed by atoms with Crippen LogP contribution in [0.4, 0.5) is 4.39 Å². The van der Waals surface area contributed by atoms with Crippen molar-refractivity contribution in [2.75, 3.05) is 7.11 Å². The molecule has 0 unspecified atom stereocenters. The Bertz CT molecular complexity index is 549. The number of aromatic amines is 1. The number of hydrogen-bond acceptors (Lipinski definition) is 3. The van der Waals surface area contributed by atoms with Crippen molar-refractivity contribution >= 4 is 12.2 Å². The van der Waals surface area contributed by atoms with Crippen molar-refractivity contribution < 1.29 is 9.13 Å². The van der Waals surface area contributed by atoms with Crippen LogP contribution in [-0.4, -0.2) is 21.9 Å². The molecule has 2 aromatic rings. The van der Waals surface area contributed by atoms with Crippen LogP contribution in [0, 0.1) is 10.6 Å². The Morgan fingerprint density at radius 3 is 3.06 bits per heavy atom. The lowest BCUT2D eigenvalue weighted by molar-refractivity contribution is 0.176. The highest BCUT2D eigenvalue weighted by atomic mass is 32.1. The fraction of sp³-hybridized carbons (Fsp3) is 0.200. The summed E-state index contributed by atoms with van der Waals surface area (Å²) in [5, 5.41) is 6.66. The maximum Gasteiger partial charge on any atom is 0.199 e. The second kappa shape index (κ2) is 4.54. The molecular weight excluding hydrogens is 229 g/mol. The minimum atomic E-state index is -0.316. The van der Waals surface area contributed by atoms with E-state index in [1.165, 1.54) is 12.1 Å². The highest BCUT2D eigenvalue weighted by molar-refractivity contribution is 7.71. The van der Waals surface area contributed by atoms with Crippen molar-refractivity contribution in [3.05, 3.63) is 40.7 Å². The van der Waals surface area contributed by atoms with Crippen LogP contribution in [-0.2, 0) is 11.3 Å². The number of ether oxygens (including phenoxy) is 1. The number of hydrogen-bond donors (Lipinski definition) is 1. The number of nitrogens with one attached hydrogen (secondary N) is 1. The van der Waals surface area contributed by atoms with E-state index in [9.17, 15) is 4.39 Å². The summed E-state index contributed by atoms with van der Waals surface area (Å²) in [5.74, 6) is 0.294. The van der Waals surface area contributed by atoms with E-state index in [1.807, 2.05) is 0 Å². The summed E-state index contributed by atoms with van der Waals surface area (Å²) in [4.78, 5) is 0. The number of halogens is 1. The Balaban J connectivity index is 2.54. The third-order valence-corrected chi connectivity index (χ3v) is 2.36. The Morgan fingerprint density at radius 2 is 2.38 bits per heavy atom. The molecule has 1 N–H and O–H groups in total. The molecule has 0 atom stereocenters. The first-order valence-electron chi connectivity index (χ1n) is 4.63. The molecule has 0 amide bonds. The number of benzene rings is 1. The van der Waals surface area contributed by atoms with E-state index in [1.54, 1.807) is 23.8 Å². The van der Waals surface area contributed by atoms with Gasteiger partial charge in [0.25, 0.3) is 0 Å². The fourth-order valence-electron chi connectivity index (χ4n) is 1.44. The first-order valence-corrected chi connectivity index (χ1v) is 5.04. The van der Waals surface area contributed by atoms with E-state index in [0.29, 0.717) is 22.9 Å². The zero-order valence-corrected chi connectivity index (χ0v) is 9.42. The lowest BCUT2D eigenvalue weighted by Gasteiger charge is -2.05. The maximum atomic E-state index is 13.1. The van der Waals surface area contributed by atoms with E-state index >= 15 is 0 Å². The molecule has 0 spiro atoms. The van der Waals surface area contributed by atoms with Gasteiger partial charge in [-0.25, -0.2) is 4.39 Å². The topological polar surface area (TPSA) is 42.8 Å². The van der Waals surface area contributed by atoms with Gasteiger partial charge in [-0.15, -0.1) is 0 Å². The molecule has 1 aromatic carbocycles. The van der Waals surface area contributed by atoms with Crippen LogP contribution in [0.1, 0.15) is 5.82 Å². The van der Waals surface area contributed by atoms with E-state index in [-0.39, 0.29) is 5.82 Å².